The molecule has 0 fully saturated rings. The van der Waals surface area contributed by atoms with Crippen LogP contribution in [-0.4, -0.2) is 29.1 Å². The largest absolute Gasteiger partial charge is 0.323 e. The Kier molecular flexibility index (Phi) is 3.68. The summed E-state index contributed by atoms with van der Waals surface area (Å²) in [5.41, 5.74) is 5.56. The van der Waals surface area contributed by atoms with Gasteiger partial charge >= 0.3 is 0 Å². The first-order chi connectivity index (χ1) is 13.6. The van der Waals surface area contributed by atoms with Gasteiger partial charge in [-0.2, -0.15) is 0 Å². The van der Waals surface area contributed by atoms with Gasteiger partial charge in [0.2, 0.25) is 0 Å². The first kappa shape index (κ1) is 16.6. The Morgan fingerprint density at radius 3 is 2.54 bits per heavy atom. The lowest BCUT2D eigenvalue weighted by atomic mass is 10.2. The minimum absolute atomic E-state index is 0.283. The predicted molar refractivity (Wildman–Crippen MR) is 104 cm³/mol. The van der Waals surface area contributed by atoms with Crippen molar-refractivity contribution in [3.05, 3.63) is 77.8 Å². The van der Waals surface area contributed by atoms with E-state index in [0.717, 1.165) is 39.2 Å². The van der Waals surface area contributed by atoms with Crippen molar-refractivity contribution in [1.82, 2.24) is 29.1 Å². The van der Waals surface area contributed by atoms with Gasteiger partial charge in [0, 0.05) is 17.5 Å². The van der Waals surface area contributed by atoms with E-state index in [9.17, 15) is 4.39 Å². The number of nitrogens with zero attached hydrogens (tertiary/aromatic N) is 6. The highest BCUT2D eigenvalue weighted by molar-refractivity contribution is 5.94. The smallest absolute Gasteiger partial charge is 0.182 e. The van der Waals surface area contributed by atoms with Gasteiger partial charge in [-0.3, -0.25) is 4.98 Å². The van der Waals surface area contributed by atoms with Gasteiger partial charge in [-0.25, -0.2) is 18.9 Å². The van der Waals surface area contributed by atoms with Gasteiger partial charge in [0.05, 0.1) is 17.6 Å². The Hall–Kier alpha value is -3.61. The lowest BCUT2D eigenvalue weighted by Crippen LogP contribution is -2.04. The summed E-state index contributed by atoms with van der Waals surface area (Å²) in [5.74, 6) is 0.262. The maximum absolute atomic E-state index is 13.2. The number of fused-ring (bicyclic) bond motifs is 3. The number of hydrogen-bond donors (Lipinski definition) is 0. The molecule has 0 N–H and O–H groups in total. The number of hydrogen-bond acceptors (Lipinski definition) is 4. The molecule has 4 aromatic heterocycles. The van der Waals surface area contributed by atoms with Crippen molar-refractivity contribution in [2.45, 2.75) is 20.4 Å². The molecule has 138 valence electrons. The lowest BCUT2D eigenvalue weighted by molar-refractivity contribution is 0.628. The van der Waals surface area contributed by atoms with Gasteiger partial charge in [0.15, 0.2) is 11.5 Å². The summed E-state index contributed by atoms with van der Waals surface area (Å²) in [6.45, 7) is 4.79. The lowest BCUT2D eigenvalue weighted by Gasteiger charge is -2.07. The topological polar surface area (TPSA) is 60.9 Å². The van der Waals surface area contributed by atoms with E-state index in [1.54, 1.807) is 29.2 Å². The first-order valence-electron chi connectivity index (χ1n) is 8.98. The van der Waals surface area contributed by atoms with Crippen LogP contribution in [0, 0.1) is 19.7 Å². The van der Waals surface area contributed by atoms with Gasteiger partial charge in [0.25, 0.3) is 0 Å². The maximum atomic E-state index is 13.2. The van der Waals surface area contributed by atoms with E-state index in [1.165, 1.54) is 12.1 Å². The van der Waals surface area contributed by atoms with Crippen LogP contribution in [0.15, 0.2) is 55.0 Å². The zero-order valence-corrected chi connectivity index (χ0v) is 15.5. The normalized spacial score (nSPS) is 11.5. The van der Waals surface area contributed by atoms with Gasteiger partial charge < -0.3 is 4.57 Å². The van der Waals surface area contributed by atoms with Gasteiger partial charge in [-0.1, -0.05) is 6.07 Å². The van der Waals surface area contributed by atoms with Crippen LogP contribution in [0.3, 0.4) is 0 Å². The molecule has 0 saturated heterocycles. The van der Waals surface area contributed by atoms with Crippen LogP contribution >= 0.6 is 0 Å². The molecule has 5 aromatic rings. The molecule has 0 radical (unpaired) electrons. The molecule has 0 unspecified atom stereocenters. The number of pyridine rings is 1. The van der Waals surface area contributed by atoms with E-state index in [0.29, 0.717) is 12.4 Å². The number of aryl methyl sites for hydroxylation is 1. The molecule has 0 aliphatic carbocycles. The standard InChI is InChI=1S/C21H17FN6/c1-13-14(2)27(11-17-5-3-4-10-23-17)20-18(13)21-25-19(26-28(21)12-24-20)15-6-8-16(22)9-7-15/h3-10,12H,11H2,1-2H3. The van der Waals surface area contributed by atoms with Gasteiger partial charge in [0.1, 0.15) is 17.8 Å². The Morgan fingerprint density at radius 1 is 0.964 bits per heavy atom. The van der Waals surface area contributed by atoms with Crippen LogP contribution in [0.25, 0.3) is 28.1 Å². The van der Waals surface area contributed by atoms with Crippen LogP contribution in [0.5, 0.6) is 0 Å². The van der Waals surface area contributed by atoms with Crippen molar-refractivity contribution in [2.75, 3.05) is 0 Å². The van der Waals surface area contributed by atoms with Crippen LogP contribution < -0.4 is 0 Å². The van der Waals surface area contributed by atoms with Crippen molar-refractivity contribution in [1.29, 1.82) is 0 Å². The second-order valence-electron chi connectivity index (χ2n) is 6.77. The van der Waals surface area contributed by atoms with Crippen molar-refractivity contribution >= 4 is 16.7 Å². The Labute approximate surface area is 160 Å². The molecule has 4 heterocycles. The second-order valence-corrected chi connectivity index (χ2v) is 6.77. The molecule has 0 spiro atoms. The summed E-state index contributed by atoms with van der Waals surface area (Å²) >= 11 is 0. The second kappa shape index (κ2) is 6.23. The highest BCUT2D eigenvalue weighted by Crippen LogP contribution is 2.28. The van der Waals surface area contributed by atoms with E-state index in [2.05, 4.69) is 33.5 Å². The number of aromatic nitrogens is 6. The van der Waals surface area contributed by atoms with Crippen LogP contribution in [0.1, 0.15) is 17.0 Å². The fourth-order valence-electron chi connectivity index (χ4n) is 3.50. The van der Waals surface area contributed by atoms with E-state index in [-0.39, 0.29) is 5.82 Å². The Bertz CT molecular complexity index is 1300. The molecule has 7 heteroatoms. The monoisotopic (exact) mass is 372 g/mol. The summed E-state index contributed by atoms with van der Waals surface area (Å²) < 4.78 is 17.1. The van der Waals surface area contributed by atoms with Crippen LogP contribution in [0.4, 0.5) is 4.39 Å². The van der Waals surface area contributed by atoms with E-state index < -0.39 is 0 Å². The number of benzene rings is 1. The molecule has 0 atom stereocenters. The minimum Gasteiger partial charge on any atom is -0.323 e. The highest BCUT2D eigenvalue weighted by atomic mass is 19.1. The quantitative estimate of drug-likeness (QED) is 0.481. The number of rotatable bonds is 3. The van der Waals surface area contributed by atoms with Crippen molar-refractivity contribution < 1.29 is 4.39 Å². The summed E-state index contributed by atoms with van der Waals surface area (Å²) in [6.07, 6.45) is 3.47. The van der Waals surface area contributed by atoms with E-state index >= 15 is 0 Å². The molecule has 0 aliphatic heterocycles. The average Bonchev–Trinajstić information content (AvgIpc) is 3.24. The zero-order valence-electron chi connectivity index (χ0n) is 15.5. The van der Waals surface area contributed by atoms with Crippen molar-refractivity contribution in [3.63, 3.8) is 0 Å². The van der Waals surface area contributed by atoms with Crippen molar-refractivity contribution in [2.24, 2.45) is 0 Å². The molecular formula is C21H17FN6. The van der Waals surface area contributed by atoms with E-state index in [4.69, 9.17) is 4.98 Å². The van der Waals surface area contributed by atoms with E-state index in [1.807, 2.05) is 18.2 Å². The molecule has 0 aliphatic rings. The van der Waals surface area contributed by atoms with Gasteiger partial charge in [-0.05, 0) is 55.8 Å². The fraction of sp³-hybridized carbons (Fsp3) is 0.143. The zero-order chi connectivity index (χ0) is 19.3. The van der Waals surface area contributed by atoms with Gasteiger partial charge in [-0.15, -0.1) is 5.10 Å². The third-order valence-electron chi connectivity index (χ3n) is 5.09. The van der Waals surface area contributed by atoms with Crippen LogP contribution in [-0.2, 0) is 6.54 Å². The highest BCUT2D eigenvalue weighted by Gasteiger charge is 2.18. The molecule has 0 saturated carbocycles. The molecule has 6 nitrogen and oxygen atoms in total. The van der Waals surface area contributed by atoms with Crippen molar-refractivity contribution in [3.8, 4) is 11.4 Å². The summed E-state index contributed by atoms with van der Waals surface area (Å²) in [5, 5.41) is 5.50. The fourth-order valence-corrected chi connectivity index (χ4v) is 3.50. The molecule has 28 heavy (non-hydrogen) atoms. The number of halogens is 1. The third-order valence-corrected chi connectivity index (χ3v) is 5.09. The minimum atomic E-state index is -0.283. The Morgan fingerprint density at radius 2 is 1.79 bits per heavy atom. The average molecular weight is 372 g/mol. The Balaban J connectivity index is 1.70. The first-order valence-corrected chi connectivity index (χ1v) is 8.98. The molecule has 0 bridgehead atoms. The molecule has 1 aromatic carbocycles. The summed E-state index contributed by atoms with van der Waals surface area (Å²) in [7, 11) is 0. The maximum Gasteiger partial charge on any atom is 0.182 e. The molecule has 5 rings (SSSR count). The molecule has 0 amide bonds. The summed E-state index contributed by atoms with van der Waals surface area (Å²) in [6, 6.07) is 12.1. The summed E-state index contributed by atoms with van der Waals surface area (Å²) in [4.78, 5) is 13.8. The van der Waals surface area contributed by atoms with Crippen LogP contribution in [0.2, 0.25) is 0 Å². The molecular weight excluding hydrogens is 355 g/mol. The third kappa shape index (κ3) is 2.55. The predicted octanol–water partition coefficient (Wildman–Crippen LogP) is 3.95. The SMILES string of the molecule is Cc1c(C)n(Cc2ccccn2)c2ncn3nc(-c4ccc(F)cc4)nc3c12.